The molecule has 1 aliphatic heterocycles. The van der Waals surface area contributed by atoms with Gasteiger partial charge in [-0.3, -0.25) is 0 Å². The van der Waals surface area contributed by atoms with Crippen LogP contribution in [0.3, 0.4) is 0 Å². The molecule has 1 atom stereocenters. The van der Waals surface area contributed by atoms with Crippen LogP contribution >= 0.6 is 0 Å². The van der Waals surface area contributed by atoms with Crippen LogP contribution in [0.2, 0.25) is 0 Å². The van der Waals surface area contributed by atoms with Crippen molar-refractivity contribution in [1.82, 2.24) is 4.90 Å². The van der Waals surface area contributed by atoms with Crippen molar-refractivity contribution in [3.05, 3.63) is 0 Å². The van der Waals surface area contributed by atoms with Crippen LogP contribution in [0, 0.1) is 0 Å². The van der Waals surface area contributed by atoms with Gasteiger partial charge in [-0.2, -0.15) is 0 Å². The summed E-state index contributed by atoms with van der Waals surface area (Å²) < 4.78 is 0. The number of likely N-dealkylation sites (tertiary alicyclic amines) is 1. The molecule has 1 aliphatic rings. The number of aliphatic hydroxyl groups is 1. The molecule has 2 heteroatoms. The van der Waals surface area contributed by atoms with Crippen molar-refractivity contribution in [2.24, 2.45) is 0 Å². The molecule has 0 spiro atoms. The Bertz CT molecular complexity index is 254. The predicted octanol–water partition coefficient (Wildman–Crippen LogP) is 5.14. The van der Waals surface area contributed by atoms with E-state index in [2.05, 4.69) is 25.7 Å². The molecule has 1 heterocycles. The summed E-state index contributed by atoms with van der Waals surface area (Å²) >= 11 is 0. The van der Waals surface area contributed by atoms with Crippen molar-refractivity contribution in [2.75, 3.05) is 13.1 Å². The van der Waals surface area contributed by atoms with Crippen LogP contribution in [0.25, 0.3) is 0 Å². The number of hydrogen-bond acceptors (Lipinski definition) is 2. The summed E-state index contributed by atoms with van der Waals surface area (Å²) in [5, 5.41) is 10.8. The van der Waals surface area contributed by atoms with E-state index < -0.39 is 0 Å². The van der Waals surface area contributed by atoms with Crippen molar-refractivity contribution >= 4 is 0 Å². The Balaban J connectivity index is 2.10. The molecule has 0 aromatic carbocycles. The summed E-state index contributed by atoms with van der Waals surface area (Å²) in [6.45, 7) is 9.04. The first-order valence-corrected chi connectivity index (χ1v) is 9.54. The molecule has 2 nitrogen and oxygen atoms in total. The highest BCUT2D eigenvalue weighted by Crippen LogP contribution is 2.28. The van der Waals surface area contributed by atoms with Gasteiger partial charge in [-0.25, -0.2) is 0 Å². The fourth-order valence-electron chi connectivity index (χ4n) is 3.55. The Morgan fingerprint density at radius 3 is 2.14 bits per heavy atom. The van der Waals surface area contributed by atoms with E-state index in [9.17, 15) is 5.11 Å². The highest BCUT2D eigenvalue weighted by molar-refractivity contribution is 4.84. The number of nitrogens with zero attached hydrogens (tertiary/aromatic N) is 1. The smallest absolute Gasteiger partial charge is 0.0660 e. The van der Waals surface area contributed by atoms with Crippen molar-refractivity contribution in [2.45, 2.75) is 109 Å². The Morgan fingerprint density at radius 1 is 0.905 bits per heavy atom. The standard InChI is InChI=1S/C19H39NO/c1-4-5-6-7-8-9-10-11-13-19(21)14-12-16-20(17-15-19)18(2)3/h18,21H,4-17H2,1-3H3. The van der Waals surface area contributed by atoms with Gasteiger partial charge in [-0.05, 0) is 46.1 Å². The maximum absolute atomic E-state index is 10.8. The zero-order valence-corrected chi connectivity index (χ0v) is 14.9. The normalized spacial score (nSPS) is 24.4. The second-order valence-corrected chi connectivity index (χ2v) is 7.43. The lowest BCUT2D eigenvalue weighted by Crippen LogP contribution is -2.34. The van der Waals surface area contributed by atoms with Crippen molar-refractivity contribution < 1.29 is 5.11 Å². The van der Waals surface area contributed by atoms with Gasteiger partial charge in [-0.1, -0.05) is 58.3 Å². The zero-order valence-electron chi connectivity index (χ0n) is 14.9. The molecule has 1 saturated heterocycles. The van der Waals surface area contributed by atoms with Gasteiger partial charge in [0.2, 0.25) is 0 Å². The van der Waals surface area contributed by atoms with Crippen molar-refractivity contribution in [3.63, 3.8) is 0 Å². The van der Waals surface area contributed by atoms with Crippen molar-refractivity contribution in [3.8, 4) is 0 Å². The number of hydrogen-bond donors (Lipinski definition) is 1. The molecule has 0 aromatic heterocycles. The lowest BCUT2D eigenvalue weighted by atomic mass is 9.88. The zero-order chi connectivity index (χ0) is 15.6. The Labute approximate surface area is 133 Å². The molecule has 0 aromatic rings. The summed E-state index contributed by atoms with van der Waals surface area (Å²) in [5.74, 6) is 0. The molecule has 1 unspecified atom stereocenters. The van der Waals surface area contributed by atoms with Crippen LogP contribution in [0.5, 0.6) is 0 Å². The van der Waals surface area contributed by atoms with Gasteiger partial charge in [0.25, 0.3) is 0 Å². The fourth-order valence-corrected chi connectivity index (χ4v) is 3.55. The largest absolute Gasteiger partial charge is 0.390 e. The Morgan fingerprint density at radius 2 is 1.52 bits per heavy atom. The molecule has 0 amide bonds. The SMILES string of the molecule is CCCCCCCCCCC1(O)CCCN(C(C)C)CC1. The van der Waals surface area contributed by atoms with Crippen LogP contribution in [0.1, 0.15) is 97.8 Å². The van der Waals surface area contributed by atoms with Gasteiger partial charge >= 0.3 is 0 Å². The van der Waals surface area contributed by atoms with E-state index >= 15 is 0 Å². The van der Waals surface area contributed by atoms with Gasteiger partial charge in [0.15, 0.2) is 0 Å². The summed E-state index contributed by atoms with van der Waals surface area (Å²) in [6.07, 6.45) is 15.0. The monoisotopic (exact) mass is 297 g/mol. The van der Waals surface area contributed by atoms with Gasteiger partial charge < -0.3 is 10.0 Å². The quantitative estimate of drug-likeness (QED) is 0.564. The van der Waals surface area contributed by atoms with Gasteiger partial charge in [-0.15, -0.1) is 0 Å². The first-order chi connectivity index (χ1) is 10.1. The van der Waals surface area contributed by atoms with E-state index in [4.69, 9.17) is 0 Å². The van der Waals surface area contributed by atoms with Crippen LogP contribution < -0.4 is 0 Å². The van der Waals surface area contributed by atoms with Gasteiger partial charge in [0, 0.05) is 12.6 Å². The second kappa shape index (κ2) is 10.6. The van der Waals surface area contributed by atoms with Gasteiger partial charge in [0.1, 0.15) is 0 Å². The van der Waals surface area contributed by atoms with E-state index in [1.165, 1.54) is 51.4 Å². The maximum atomic E-state index is 10.8. The molecule has 0 saturated carbocycles. The maximum Gasteiger partial charge on any atom is 0.0660 e. The molecular weight excluding hydrogens is 258 g/mol. The van der Waals surface area contributed by atoms with Crippen molar-refractivity contribution in [1.29, 1.82) is 0 Å². The van der Waals surface area contributed by atoms with E-state index in [-0.39, 0.29) is 5.60 Å². The topological polar surface area (TPSA) is 23.5 Å². The molecule has 21 heavy (non-hydrogen) atoms. The lowest BCUT2D eigenvalue weighted by molar-refractivity contribution is 0.0138. The second-order valence-electron chi connectivity index (χ2n) is 7.43. The molecule has 1 rings (SSSR count). The summed E-state index contributed by atoms with van der Waals surface area (Å²) in [4.78, 5) is 2.52. The third kappa shape index (κ3) is 8.21. The summed E-state index contributed by atoms with van der Waals surface area (Å²) in [6, 6.07) is 0.621. The van der Waals surface area contributed by atoms with Crippen LogP contribution in [0.15, 0.2) is 0 Å². The van der Waals surface area contributed by atoms with Crippen LogP contribution in [-0.4, -0.2) is 34.7 Å². The Kier molecular flexibility index (Phi) is 9.59. The third-order valence-electron chi connectivity index (χ3n) is 5.18. The van der Waals surface area contributed by atoms with Crippen LogP contribution in [-0.2, 0) is 0 Å². The molecule has 1 fully saturated rings. The number of unbranched alkanes of at least 4 members (excludes halogenated alkanes) is 7. The molecule has 1 N–H and O–H groups in total. The predicted molar refractivity (Wildman–Crippen MR) is 92.7 cm³/mol. The first kappa shape index (κ1) is 19.0. The molecular formula is C19H39NO. The highest BCUT2D eigenvalue weighted by Gasteiger charge is 2.29. The first-order valence-electron chi connectivity index (χ1n) is 9.54. The summed E-state index contributed by atoms with van der Waals surface area (Å²) in [7, 11) is 0. The minimum Gasteiger partial charge on any atom is -0.390 e. The summed E-state index contributed by atoms with van der Waals surface area (Å²) in [5.41, 5.74) is -0.369. The van der Waals surface area contributed by atoms with Gasteiger partial charge in [0.05, 0.1) is 5.60 Å². The molecule has 0 aliphatic carbocycles. The Hall–Kier alpha value is -0.0800. The highest BCUT2D eigenvalue weighted by atomic mass is 16.3. The molecule has 0 bridgehead atoms. The van der Waals surface area contributed by atoms with E-state index in [0.29, 0.717) is 6.04 Å². The molecule has 126 valence electrons. The average Bonchev–Trinajstić information content (AvgIpc) is 2.64. The van der Waals surface area contributed by atoms with E-state index in [0.717, 1.165) is 38.8 Å². The minimum absolute atomic E-state index is 0.369. The lowest BCUT2D eigenvalue weighted by Gasteiger charge is -2.28. The van der Waals surface area contributed by atoms with E-state index in [1.54, 1.807) is 0 Å². The third-order valence-corrected chi connectivity index (χ3v) is 5.18. The number of rotatable bonds is 10. The van der Waals surface area contributed by atoms with Crippen LogP contribution in [0.4, 0.5) is 0 Å². The molecule has 0 radical (unpaired) electrons. The minimum atomic E-state index is -0.369. The van der Waals surface area contributed by atoms with E-state index in [1.807, 2.05) is 0 Å². The fraction of sp³-hybridized carbons (Fsp3) is 1.00. The average molecular weight is 298 g/mol.